The molecule has 0 radical (unpaired) electrons. The zero-order valence-corrected chi connectivity index (χ0v) is 14.9. The molecule has 2 aromatic rings. The lowest BCUT2D eigenvalue weighted by atomic mass is 10.1. The van der Waals surface area contributed by atoms with Gasteiger partial charge in [-0.05, 0) is 36.8 Å². The molecule has 130 valence electrons. The van der Waals surface area contributed by atoms with Crippen molar-refractivity contribution >= 4 is 33.5 Å². The number of esters is 1. The molecule has 1 N–H and O–H groups in total. The number of carbonyl (C=O) groups is 2. The van der Waals surface area contributed by atoms with E-state index in [1.54, 1.807) is 0 Å². The molecule has 0 fully saturated rings. The maximum absolute atomic E-state index is 11.9. The highest BCUT2D eigenvalue weighted by atomic mass is 79.9. The first-order valence-electron chi connectivity index (χ1n) is 7.33. The molecule has 7 nitrogen and oxygen atoms in total. The predicted octanol–water partition coefficient (Wildman–Crippen LogP) is 3.39. The number of ether oxygens (including phenoxy) is 1. The summed E-state index contributed by atoms with van der Waals surface area (Å²) in [5.74, 6) is -1.16. The minimum absolute atomic E-state index is 0.127. The van der Waals surface area contributed by atoms with Gasteiger partial charge in [0.2, 0.25) is 0 Å². The number of nitro benzene ring substituents is 1. The smallest absolute Gasteiger partial charge is 0.338 e. The SMILES string of the molecule is C[C@H](NC(=O)COC(=O)c1ccc([N+](=O)[O-])cc1)c1ccc(Br)cc1. The highest BCUT2D eigenvalue weighted by Gasteiger charge is 2.14. The Morgan fingerprint density at radius 3 is 2.32 bits per heavy atom. The number of rotatable bonds is 6. The van der Waals surface area contributed by atoms with Crippen LogP contribution in [0, 0.1) is 10.1 Å². The lowest BCUT2D eigenvalue weighted by Crippen LogP contribution is -2.31. The molecule has 2 aromatic carbocycles. The van der Waals surface area contributed by atoms with Crippen LogP contribution in [0.5, 0.6) is 0 Å². The second-order valence-corrected chi connectivity index (χ2v) is 6.14. The van der Waals surface area contributed by atoms with Gasteiger partial charge in [0.15, 0.2) is 6.61 Å². The number of nitro groups is 1. The van der Waals surface area contributed by atoms with Gasteiger partial charge in [0.1, 0.15) is 0 Å². The van der Waals surface area contributed by atoms with Gasteiger partial charge in [-0.1, -0.05) is 28.1 Å². The zero-order chi connectivity index (χ0) is 18.4. The van der Waals surface area contributed by atoms with E-state index in [1.165, 1.54) is 24.3 Å². The summed E-state index contributed by atoms with van der Waals surface area (Å²) < 4.78 is 5.85. The molecule has 0 saturated carbocycles. The average molecular weight is 407 g/mol. The van der Waals surface area contributed by atoms with E-state index in [0.29, 0.717) is 0 Å². The number of hydrogen-bond donors (Lipinski definition) is 1. The number of halogens is 1. The minimum Gasteiger partial charge on any atom is -0.452 e. The molecule has 0 aliphatic carbocycles. The summed E-state index contributed by atoms with van der Waals surface area (Å²) in [6, 6.07) is 12.2. The van der Waals surface area contributed by atoms with E-state index in [4.69, 9.17) is 4.74 Å². The first-order chi connectivity index (χ1) is 11.9. The fraction of sp³-hybridized carbons (Fsp3) is 0.176. The fourth-order valence-electron chi connectivity index (χ4n) is 2.05. The Hall–Kier alpha value is -2.74. The Bertz CT molecular complexity index is 775. The second-order valence-electron chi connectivity index (χ2n) is 5.22. The first kappa shape index (κ1) is 18.6. The van der Waals surface area contributed by atoms with E-state index >= 15 is 0 Å². The normalized spacial score (nSPS) is 11.4. The Kier molecular flexibility index (Phi) is 6.24. The molecule has 0 heterocycles. The summed E-state index contributed by atoms with van der Waals surface area (Å²) in [5.41, 5.74) is 0.926. The van der Waals surface area contributed by atoms with Crippen molar-refractivity contribution in [3.05, 3.63) is 74.2 Å². The van der Waals surface area contributed by atoms with Crippen molar-refractivity contribution in [1.82, 2.24) is 5.32 Å². The van der Waals surface area contributed by atoms with Crippen LogP contribution in [0.25, 0.3) is 0 Å². The molecule has 0 aliphatic heterocycles. The molecular weight excluding hydrogens is 392 g/mol. The lowest BCUT2D eigenvalue weighted by Gasteiger charge is -2.14. The van der Waals surface area contributed by atoms with Crippen molar-refractivity contribution in [2.24, 2.45) is 0 Å². The van der Waals surface area contributed by atoms with Crippen molar-refractivity contribution in [2.75, 3.05) is 6.61 Å². The molecule has 1 amide bonds. The van der Waals surface area contributed by atoms with E-state index in [2.05, 4.69) is 21.2 Å². The number of carbonyl (C=O) groups excluding carboxylic acids is 2. The monoisotopic (exact) mass is 406 g/mol. The van der Waals surface area contributed by atoms with Gasteiger partial charge in [-0.15, -0.1) is 0 Å². The van der Waals surface area contributed by atoms with Crippen LogP contribution in [-0.4, -0.2) is 23.4 Å². The fourth-order valence-corrected chi connectivity index (χ4v) is 2.32. The van der Waals surface area contributed by atoms with E-state index < -0.39 is 23.4 Å². The van der Waals surface area contributed by atoms with Gasteiger partial charge in [0, 0.05) is 16.6 Å². The Balaban J connectivity index is 1.85. The molecule has 0 spiro atoms. The number of amides is 1. The van der Waals surface area contributed by atoms with Gasteiger partial charge in [0.05, 0.1) is 16.5 Å². The van der Waals surface area contributed by atoms with Crippen molar-refractivity contribution in [2.45, 2.75) is 13.0 Å². The van der Waals surface area contributed by atoms with Gasteiger partial charge >= 0.3 is 5.97 Å². The molecule has 8 heteroatoms. The molecule has 25 heavy (non-hydrogen) atoms. The van der Waals surface area contributed by atoms with Crippen LogP contribution in [0.2, 0.25) is 0 Å². The van der Waals surface area contributed by atoms with Crippen LogP contribution in [-0.2, 0) is 9.53 Å². The maximum atomic E-state index is 11.9. The molecule has 1 atom stereocenters. The van der Waals surface area contributed by atoms with Gasteiger partial charge in [-0.2, -0.15) is 0 Å². The lowest BCUT2D eigenvalue weighted by molar-refractivity contribution is -0.384. The van der Waals surface area contributed by atoms with Crippen LogP contribution in [0.1, 0.15) is 28.9 Å². The first-order valence-corrected chi connectivity index (χ1v) is 8.12. The highest BCUT2D eigenvalue weighted by molar-refractivity contribution is 9.10. The van der Waals surface area contributed by atoms with Crippen molar-refractivity contribution < 1.29 is 19.2 Å². The quantitative estimate of drug-likeness (QED) is 0.450. The molecule has 0 aliphatic rings. The predicted molar refractivity (Wildman–Crippen MR) is 94.1 cm³/mol. The van der Waals surface area contributed by atoms with Crippen LogP contribution in [0.15, 0.2) is 53.0 Å². The van der Waals surface area contributed by atoms with Crippen LogP contribution < -0.4 is 5.32 Å². The van der Waals surface area contributed by atoms with E-state index in [0.717, 1.165) is 10.0 Å². The van der Waals surface area contributed by atoms with Crippen molar-refractivity contribution in [3.63, 3.8) is 0 Å². The standard InChI is InChI=1S/C17H15BrN2O5/c1-11(12-2-6-14(18)7-3-12)19-16(21)10-25-17(22)13-4-8-15(9-5-13)20(23)24/h2-9,11H,10H2,1H3,(H,19,21)/t11-/m0/s1. The molecule has 0 aromatic heterocycles. The Morgan fingerprint density at radius 2 is 1.76 bits per heavy atom. The second kappa shape index (κ2) is 8.39. The number of nitrogens with zero attached hydrogens (tertiary/aromatic N) is 1. The number of benzene rings is 2. The summed E-state index contributed by atoms with van der Waals surface area (Å²) >= 11 is 3.34. The molecule has 0 bridgehead atoms. The third-order valence-electron chi connectivity index (χ3n) is 3.40. The highest BCUT2D eigenvalue weighted by Crippen LogP contribution is 2.16. The van der Waals surface area contributed by atoms with Gasteiger partial charge in [-0.25, -0.2) is 4.79 Å². The van der Waals surface area contributed by atoms with Crippen molar-refractivity contribution in [1.29, 1.82) is 0 Å². The van der Waals surface area contributed by atoms with Gasteiger partial charge < -0.3 is 10.1 Å². The minimum atomic E-state index is -0.721. The van der Waals surface area contributed by atoms with E-state index in [9.17, 15) is 19.7 Å². The summed E-state index contributed by atoms with van der Waals surface area (Å²) in [4.78, 5) is 33.7. The molecule has 0 saturated heterocycles. The maximum Gasteiger partial charge on any atom is 0.338 e. The van der Waals surface area contributed by atoms with Gasteiger partial charge in [-0.3, -0.25) is 14.9 Å². The third-order valence-corrected chi connectivity index (χ3v) is 3.92. The van der Waals surface area contributed by atoms with Crippen LogP contribution in [0.4, 0.5) is 5.69 Å². The van der Waals surface area contributed by atoms with Crippen molar-refractivity contribution in [3.8, 4) is 0 Å². The Morgan fingerprint density at radius 1 is 1.16 bits per heavy atom. The average Bonchev–Trinajstić information content (AvgIpc) is 2.60. The van der Waals surface area contributed by atoms with Crippen LogP contribution >= 0.6 is 15.9 Å². The summed E-state index contributed by atoms with van der Waals surface area (Å²) in [5, 5.41) is 13.3. The molecule has 2 rings (SSSR count). The van der Waals surface area contributed by atoms with E-state index in [-0.39, 0.29) is 17.3 Å². The number of nitrogens with one attached hydrogen (secondary N) is 1. The summed E-state index contributed by atoms with van der Waals surface area (Å²) in [7, 11) is 0. The van der Waals surface area contributed by atoms with E-state index in [1.807, 2.05) is 31.2 Å². The summed E-state index contributed by atoms with van der Waals surface area (Å²) in [6.45, 7) is 1.38. The molecule has 0 unspecified atom stereocenters. The van der Waals surface area contributed by atoms with Gasteiger partial charge in [0.25, 0.3) is 11.6 Å². The topological polar surface area (TPSA) is 98.5 Å². The molecular formula is C17H15BrN2O5. The number of non-ortho nitro benzene ring substituents is 1. The zero-order valence-electron chi connectivity index (χ0n) is 13.3. The number of hydrogen-bond acceptors (Lipinski definition) is 5. The third kappa shape index (κ3) is 5.39. The Labute approximate surface area is 152 Å². The van der Waals surface area contributed by atoms with Crippen LogP contribution in [0.3, 0.4) is 0 Å². The summed E-state index contributed by atoms with van der Waals surface area (Å²) in [6.07, 6.45) is 0. The largest absolute Gasteiger partial charge is 0.452 e.